The molecule has 0 fully saturated rings. The number of nitrogens with zero attached hydrogens (tertiary/aromatic N) is 3. The Morgan fingerprint density at radius 3 is 2.96 bits per heavy atom. The molecule has 5 nitrogen and oxygen atoms in total. The van der Waals surface area contributed by atoms with Crippen LogP contribution in [0.5, 0.6) is 5.75 Å². The summed E-state index contributed by atoms with van der Waals surface area (Å²) in [6, 6.07) is 5.07. The SMILES string of the molecule is CN(CCc1nccs1)C(=O)c1c(O)cnc2ccc(Cl)cc12. The lowest BCUT2D eigenvalue weighted by Crippen LogP contribution is -2.29. The Bertz CT molecular complexity index is 847. The van der Waals surface area contributed by atoms with E-state index in [4.69, 9.17) is 11.6 Å². The van der Waals surface area contributed by atoms with Crippen LogP contribution in [0, 0.1) is 0 Å². The summed E-state index contributed by atoms with van der Waals surface area (Å²) < 4.78 is 0. The molecule has 0 radical (unpaired) electrons. The minimum atomic E-state index is -0.270. The Labute approximate surface area is 142 Å². The van der Waals surface area contributed by atoms with E-state index in [2.05, 4.69) is 9.97 Å². The van der Waals surface area contributed by atoms with Crippen LogP contribution in [0.4, 0.5) is 0 Å². The number of fused-ring (bicyclic) bond motifs is 1. The topological polar surface area (TPSA) is 66.3 Å². The van der Waals surface area contributed by atoms with Crippen LogP contribution < -0.4 is 0 Å². The fourth-order valence-electron chi connectivity index (χ4n) is 2.31. The van der Waals surface area contributed by atoms with Gasteiger partial charge in [-0.1, -0.05) is 11.6 Å². The predicted octanol–water partition coefficient (Wildman–Crippen LogP) is 3.37. The van der Waals surface area contributed by atoms with E-state index in [-0.39, 0.29) is 17.2 Å². The highest BCUT2D eigenvalue weighted by Gasteiger charge is 2.20. The van der Waals surface area contributed by atoms with E-state index >= 15 is 0 Å². The van der Waals surface area contributed by atoms with Gasteiger partial charge < -0.3 is 10.0 Å². The van der Waals surface area contributed by atoms with Crippen LogP contribution in [0.1, 0.15) is 15.4 Å². The van der Waals surface area contributed by atoms with Gasteiger partial charge in [-0.05, 0) is 18.2 Å². The van der Waals surface area contributed by atoms with Gasteiger partial charge in [-0.15, -0.1) is 11.3 Å². The highest BCUT2D eigenvalue weighted by atomic mass is 35.5. The summed E-state index contributed by atoms with van der Waals surface area (Å²) in [5.41, 5.74) is 0.836. The molecule has 0 atom stereocenters. The smallest absolute Gasteiger partial charge is 0.258 e. The van der Waals surface area contributed by atoms with Crippen molar-refractivity contribution in [2.45, 2.75) is 6.42 Å². The van der Waals surface area contributed by atoms with Crippen LogP contribution >= 0.6 is 22.9 Å². The highest BCUT2D eigenvalue weighted by molar-refractivity contribution is 7.09. The third-order valence-corrected chi connectivity index (χ3v) is 4.59. The van der Waals surface area contributed by atoms with Gasteiger partial charge in [0, 0.05) is 42.0 Å². The summed E-state index contributed by atoms with van der Waals surface area (Å²) in [6.07, 6.45) is 3.70. The molecule has 1 N–H and O–H groups in total. The van der Waals surface area contributed by atoms with Gasteiger partial charge >= 0.3 is 0 Å². The van der Waals surface area contributed by atoms with Gasteiger partial charge in [0.05, 0.1) is 22.3 Å². The number of pyridine rings is 1. The molecule has 0 spiro atoms. The Kier molecular flexibility index (Phi) is 4.45. The molecule has 118 valence electrons. The number of hydrogen-bond donors (Lipinski definition) is 1. The number of rotatable bonds is 4. The fraction of sp³-hybridized carbons (Fsp3) is 0.188. The van der Waals surface area contributed by atoms with E-state index in [0.29, 0.717) is 28.9 Å². The van der Waals surface area contributed by atoms with Crippen LogP contribution in [0.3, 0.4) is 0 Å². The predicted molar refractivity (Wildman–Crippen MR) is 91.2 cm³/mol. The lowest BCUT2D eigenvalue weighted by Gasteiger charge is -2.18. The molecule has 0 unspecified atom stereocenters. The summed E-state index contributed by atoms with van der Waals surface area (Å²) in [7, 11) is 1.70. The largest absolute Gasteiger partial charge is 0.505 e. The molecule has 0 aliphatic rings. The van der Waals surface area contributed by atoms with Crippen molar-refractivity contribution >= 4 is 39.7 Å². The zero-order valence-electron chi connectivity index (χ0n) is 12.4. The monoisotopic (exact) mass is 347 g/mol. The number of amides is 1. The zero-order chi connectivity index (χ0) is 16.4. The molecule has 2 aromatic heterocycles. The number of hydrogen-bond acceptors (Lipinski definition) is 5. The van der Waals surface area contributed by atoms with Crippen molar-refractivity contribution in [3.8, 4) is 5.75 Å². The molecule has 0 aliphatic carbocycles. The standard InChI is InChI=1S/C16H14ClN3O2S/c1-20(6-4-14-18-5-7-23-14)16(22)15-11-8-10(17)2-3-12(11)19-9-13(15)21/h2-3,5,7-9,21H,4,6H2,1H3. The summed E-state index contributed by atoms with van der Waals surface area (Å²) >= 11 is 7.57. The average Bonchev–Trinajstić information content (AvgIpc) is 3.05. The first-order chi connectivity index (χ1) is 11.1. The zero-order valence-corrected chi connectivity index (χ0v) is 13.9. The first-order valence-corrected chi connectivity index (χ1v) is 8.23. The van der Waals surface area contributed by atoms with E-state index < -0.39 is 0 Å². The second-order valence-corrected chi connectivity index (χ2v) is 6.50. The van der Waals surface area contributed by atoms with Crippen molar-refractivity contribution < 1.29 is 9.90 Å². The Hall–Kier alpha value is -2.18. The minimum absolute atomic E-state index is 0.147. The second kappa shape index (κ2) is 6.52. The number of halogens is 1. The molecule has 23 heavy (non-hydrogen) atoms. The second-order valence-electron chi connectivity index (χ2n) is 5.08. The van der Waals surface area contributed by atoms with Crippen molar-refractivity contribution in [3.05, 3.63) is 51.6 Å². The van der Waals surface area contributed by atoms with E-state index in [9.17, 15) is 9.90 Å². The maximum absolute atomic E-state index is 12.7. The summed E-state index contributed by atoms with van der Waals surface area (Å²) in [4.78, 5) is 22.6. The Morgan fingerprint density at radius 2 is 2.22 bits per heavy atom. The first kappa shape index (κ1) is 15.7. The average molecular weight is 348 g/mol. The molecule has 3 aromatic rings. The van der Waals surface area contributed by atoms with Gasteiger partial charge in [0.2, 0.25) is 0 Å². The number of likely N-dealkylation sites (N-methyl/N-ethyl adjacent to an activating group) is 1. The number of carbonyl (C=O) groups excluding carboxylic acids is 1. The quantitative estimate of drug-likeness (QED) is 0.785. The molecule has 1 amide bonds. The van der Waals surface area contributed by atoms with E-state index in [0.717, 1.165) is 5.01 Å². The molecule has 1 aromatic carbocycles. The lowest BCUT2D eigenvalue weighted by atomic mass is 10.1. The number of carbonyl (C=O) groups is 1. The summed E-state index contributed by atoms with van der Waals surface area (Å²) in [5, 5.41) is 14.0. The molecule has 0 aliphatic heterocycles. The molecule has 7 heteroatoms. The maximum atomic E-state index is 12.7. The number of thiazole rings is 1. The van der Waals surface area contributed by atoms with E-state index in [1.807, 2.05) is 5.38 Å². The van der Waals surface area contributed by atoms with Gasteiger partial charge in [0.25, 0.3) is 5.91 Å². The molecule has 0 saturated carbocycles. The Morgan fingerprint density at radius 1 is 1.39 bits per heavy atom. The van der Waals surface area contributed by atoms with Gasteiger partial charge in [-0.3, -0.25) is 9.78 Å². The summed E-state index contributed by atoms with van der Waals surface area (Å²) in [6.45, 7) is 0.510. The number of benzene rings is 1. The fourth-order valence-corrected chi connectivity index (χ4v) is 3.09. The van der Waals surface area contributed by atoms with Crippen LogP contribution in [0.25, 0.3) is 10.9 Å². The highest BCUT2D eigenvalue weighted by Crippen LogP contribution is 2.28. The molecular formula is C16H14ClN3O2S. The van der Waals surface area contributed by atoms with Crippen LogP contribution in [0.15, 0.2) is 36.0 Å². The molecule has 3 rings (SSSR count). The van der Waals surface area contributed by atoms with E-state index in [1.165, 1.54) is 6.20 Å². The Balaban J connectivity index is 1.90. The lowest BCUT2D eigenvalue weighted by molar-refractivity contribution is 0.0795. The third kappa shape index (κ3) is 3.28. The van der Waals surface area contributed by atoms with Crippen LogP contribution in [-0.2, 0) is 6.42 Å². The number of aromatic hydroxyl groups is 1. The number of aromatic nitrogens is 2. The molecule has 0 bridgehead atoms. The summed E-state index contributed by atoms with van der Waals surface area (Å²) in [5.74, 6) is -0.417. The van der Waals surface area contributed by atoms with Crippen molar-refractivity contribution in [1.29, 1.82) is 0 Å². The van der Waals surface area contributed by atoms with Crippen molar-refractivity contribution in [3.63, 3.8) is 0 Å². The molecular weight excluding hydrogens is 334 g/mol. The van der Waals surface area contributed by atoms with Crippen LogP contribution in [0.2, 0.25) is 5.02 Å². The molecule has 0 saturated heterocycles. The maximum Gasteiger partial charge on any atom is 0.258 e. The van der Waals surface area contributed by atoms with Gasteiger partial charge in [-0.25, -0.2) is 4.98 Å². The van der Waals surface area contributed by atoms with Gasteiger partial charge in [0.1, 0.15) is 5.75 Å². The van der Waals surface area contributed by atoms with E-state index in [1.54, 1.807) is 47.7 Å². The first-order valence-electron chi connectivity index (χ1n) is 6.97. The van der Waals surface area contributed by atoms with Crippen molar-refractivity contribution in [1.82, 2.24) is 14.9 Å². The molecule has 2 heterocycles. The van der Waals surface area contributed by atoms with Crippen molar-refractivity contribution in [2.24, 2.45) is 0 Å². The normalized spacial score (nSPS) is 10.9. The minimum Gasteiger partial charge on any atom is -0.505 e. The van der Waals surface area contributed by atoms with Crippen LogP contribution in [-0.4, -0.2) is 39.5 Å². The third-order valence-electron chi connectivity index (χ3n) is 3.52. The van der Waals surface area contributed by atoms with Crippen molar-refractivity contribution in [2.75, 3.05) is 13.6 Å². The van der Waals surface area contributed by atoms with Gasteiger partial charge in [0.15, 0.2) is 0 Å². The van der Waals surface area contributed by atoms with Gasteiger partial charge in [-0.2, -0.15) is 0 Å².